The molecule has 0 atom stereocenters. The van der Waals surface area contributed by atoms with Crippen LogP contribution in [0.15, 0.2) is 12.1 Å². The second-order valence-corrected chi connectivity index (χ2v) is 7.52. The summed E-state index contributed by atoms with van der Waals surface area (Å²) < 4.78 is 22.0. The molecule has 1 aromatic carbocycles. The Morgan fingerprint density at radius 3 is 2.48 bits per heavy atom. The average Bonchev–Trinajstić information content (AvgIpc) is 2.49. The number of esters is 1. The van der Waals surface area contributed by atoms with Crippen LogP contribution in [0.2, 0.25) is 0 Å². The van der Waals surface area contributed by atoms with E-state index in [4.69, 9.17) is 18.9 Å². The van der Waals surface area contributed by atoms with Gasteiger partial charge in [0.1, 0.15) is 12.2 Å². The van der Waals surface area contributed by atoms with E-state index in [0.717, 1.165) is 5.56 Å². The number of benzene rings is 1. The van der Waals surface area contributed by atoms with Crippen molar-refractivity contribution in [3.8, 4) is 11.5 Å². The average molecular weight is 349 g/mol. The lowest BCUT2D eigenvalue weighted by Crippen LogP contribution is -2.70. The van der Waals surface area contributed by atoms with Crippen molar-refractivity contribution in [3.63, 3.8) is 0 Å². The molecule has 0 bridgehead atoms. The van der Waals surface area contributed by atoms with Gasteiger partial charge in [-0.15, -0.1) is 0 Å². The van der Waals surface area contributed by atoms with Crippen LogP contribution >= 0.6 is 0 Å². The van der Waals surface area contributed by atoms with E-state index >= 15 is 0 Å². The fraction of sp³-hybridized carbons (Fsp3) is 0.556. The number of methoxy groups -OCH3 is 1. The predicted molar refractivity (Wildman–Crippen MR) is 89.2 cm³/mol. The number of hydrogen-bond donors (Lipinski definition) is 0. The van der Waals surface area contributed by atoms with Crippen LogP contribution in [0.25, 0.3) is 0 Å². The minimum Gasteiger partial charge on any atom is -0.485 e. The zero-order chi connectivity index (χ0) is 18.4. The van der Waals surface area contributed by atoms with Crippen molar-refractivity contribution >= 4 is 12.1 Å². The molecule has 2 heterocycles. The van der Waals surface area contributed by atoms with Gasteiger partial charge >= 0.3 is 12.1 Å². The summed E-state index contributed by atoms with van der Waals surface area (Å²) in [5.41, 5.74) is 0.0509. The second-order valence-electron chi connectivity index (χ2n) is 7.52. The smallest absolute Gasteiger partial charge is 0.410 e. The molecule has 1 spiro atoms. The third-order valence-electron chi connectivity index (χ3n) is 4.12. The van der Waals surface area contributed by atoms with E-state index in [1.165, 1.54) is 7.11 Å². The maximum absolute atomic E-state index is 12.1. The van der Waals surface area contributed by atoms with Gasteiger partial charge in [0.05, 0.1) is 25.8 Å². The van der Waals surface area contributed by atoms with E-state index in [0.29, 0.717) is 36.8 Å². The lowest BCUT2D eigenvalue weighted by atomic mass is 9.94. The molecule has 7 heteroatoms. The summed E-state index contributed by atoms with van der Waals surface area (Å²) in [4.78, 5) is 25.5. The van der Waals surface area contributed by atoms with Gasteiger partial charge in [0.15, 0.2) is 17.1 Å². The first-order valence-electron chi connectivity index (χ1n) is 8.15. The first kappa shape index (κ1) is 17.4. The van der Waals surface area contributed by atoms with E-state index in [1.807, 2.05) is 27.7 Å². The molecule has 2 aliphatic heterocycles. The van der Waals surface area contributed by atoms with Crippen molar-refractivity contribution in [1.29, 1.82) is 0 Å². The number of ether oxygens (including phenoxy) is 4. The minimum atomic E-state index is -0.605. The lowest BCUT2D eigenvalue weighted by Gasteiger charge is -2.50. The number of aryl methyl sites for hydroxylation is 1. The number of likely N-dealkylation sites (tertiary alicyclic amines) is 1. The number of carbonyl (C=O) groups is 2. The van der Waals surface area contributed by atoms with Crippen molar-refractivity contribution in [2.45, 2.75) is 38.9 Å². The first-order chi connectivity index (χ1) is 11.6. The van der Waals surface area contributed by atoms with Gasteiger partial charge in [-0.05, 0) is 45.4 Å². The number of nitrogens with zero attached hydrogens (tertiary/aromatic N) is 1. The molecule has 1 saturated heterocycles. The van der Waals surface area contributed by atoms with Gasteiger partial charge in [-0.3, -0.25) is 4.90 Å². The topological polar surface area (TPSA) is 74.3 Å². The molecule has 0 radical (unpaired) electrons. The molecular formula is C18H23NO6. The minimum absolute atomic E-state index is 0.344. The zero-order valence-corrected chi connectivity index (χ0v) is 15.2. The van der Waals surface area contributed by atoms with Gasteiger partial charge in [0.2, 0.25) is 0 Å². The molecule has 0 unspecified atom stereocenters. The Morgan fingerprint density at radius 1 is 1.20 bits per heavy atom. The van der Waals surface area contributed by atoms with Crippen molar-refractivity contribution in [1.82, 2.24) is 4.90 Å². The summed E-state index contributed by atoms with van der Waals surface area (Å²) in [5, 5.41) is 0. The second kappa shape index (κ2) is 5.82. The summed E-state index contributed by atoms with van der Waals surface area (Å²) in [7, 11) is 1.34. The van der Waals surface area contributed by atoms with Crippen LogP contribution in [0.5, 0.6) is 11.5 Å². The third kappa shape index (κ3) is 3.36. The Balaban J connectivity index is 1.72. The predicted octanol–water partition coefficient (Wildman–Crippen LogP) is 2.54. The molecule has 1 fully saturated rings. The highest BCUT2D eigenvalue weighted by Crippen LogP contribution is 2.41. The quantitative estimate of drug-likeness (QED) is 0.726. The summed E-state index contributed by atoms with van der Waals surface area (Å²) in [6, 6.07) is 3.40. The molecule has 3 rings (SSSR count). The number of amides is 1. The van der Waals surface area contributed by atoms with Gasteiger partial charge in [0.25, 0.3) is 0 Å². The fourth-order valence-corrected chi connectivity index (χ4v) is 2.92. The van der Waals surface area contributed by atoms with Gasteiger partial charge < -0.3 is 18.9 Å². The van der Waals surface area contributed by atoms with Crippen molar-refractivity contribution < 1.29 is 28.5 Å². The standard InChI is InChI=1S/C18H23NO6/c1-11-6-13-14(7-12(11)15(20)22-5)24-18(10-23-13)8-19(9-18)16(21)25-17(2,3)4/h6-7H,8-10H2,1-5H3. The van der Waals surface area contributed by atoms with Gasteiger partial charge in [-0.1, -0.05) is 0 Å². The van der Waals surface area contributed by atoms with Crippen LogP contribution in [-0.4, -0.2) is 55.0 Å². The van der Waals surface area contributed by atoms with Gasteiger partial charge in [0, 0.05) is 0 Å². The maximum atomic E-state index is 12.1. The molecule has 0 aliphatic carbocycles. The van der Waals surface area contributed by atoms with Gasteiger partial charge in [-0.2, -0.15) is 0 Å². The van der Waals surface area contributed by atoms with Crippen LogP contribution in [0.4, 0.5) is 4.79 Å². The van der Waals surface area contributed by atoms with Crippen LogP contribution in [0, 0.1) is 6.92 Å². The monoisotopic (exact) mass is 349 g/mol. The maximum Gasteiger partial charge on any atom is 0.410 e. The molecule has 25 heavy (non-hydrogen) atoms. The Bertz CT molecular complexity index is 715. The molecule has 0 N–H and O–H groups in total. The van der Waals surface area contributed by atoms with E-state index in [2.05, 4.69) is 0 Å². The summed E-state index contributed by atoms with van der Waals surface area (Å²) in [5.74, 6) is 0.653. The Labute approximate surface area is 146 Å². The van der Waals surface area contributed by atoms with Crippen LogP contribution in [0.3, 0.4) is 0 Å². The largest absolute Gasteiger partial charge is 0.485 e. The highest BCUT2D eigenvalue weighted by atomic mass is 16.6. The Hall–Kier alpha value is -2.44. The molecule has 7 nitrogen and oxygen atoms in total. The summed E-state index contributed by atoms with van der Waals surface area (Å²) in [6.07, 6.45) is -0.369. The normalized spacial score (nSPS) is 17.7. The lowest BCUT2D eigenvalue weighted by molar-refractivity contribution is -0.114. The highest BCUT2D eigenvalue weighted by Gasteiger charge is 2.51. The summed E-state index contributed by atoms with van der Waals surface area (Å²) >= 11 is 0. The van der Waals surface area contributed by atoms with Crippen molar-refractivity contribution in [2.75, 3.05) is 26.8 Å². The van der Waals surface area contributed by atoms with E-state index < -0.39 is 17.2 Å². The highest BCUT2D eigenvalue weighted by molar-refractivity contribution is 5.92. The Morgan fingerprint density at radius 2 is 1.88 bits per heavy atom. The van der Waals surface area contributed by atoms with Gasteiger partial charge in [-0.25, -0.2) is 9.59 Å². The number of rotatable bonds is 1. The number of fused-ring (bicyclic) bond motifs is 1. The van der Waals surface area contributed by atoms with Crippen molar-refractivity contribution in [2.24, 2.45) is 0 Å². The Kier molecular flexibility index (Phi) is 4.05. The zero-order valence-electron chi connectivity index (χ0n) is 15.2. The van der Waals surface area contributed by atoms with Crippen LogP contribution in [0.1, 0.15) is 36.7 Å². The number of carbonyl (C=O) groups excluding carboxylic acids is 2. The fourth-order valence-electron chi connectivity index (χ4n) is 2.92. The first-order valence-corrected chi connectivity index (χ1v) is 8.15. The molecular weight excluding hydrogens is 326 g/mol. The van der Waals surface area contributed by atoms with E-state index in [9.17, 15) is 9.59 Å². The van der Waals surface area contributed by atoms with Crippen molar-refractivity contribution in [3.05, 3.63) is 23.3 Å². The molecule has 2 aliphatic rings. The van der Waals surface area contributed by atoms with Crippen LogP contribution < -0.4 is 9.47 Å². The SMILES string of the molecule is COC(=O)c1cc2c(cc1C)OCC1(CN(C(=O)OC(C)(C)C)C1)O2. The molecule has 0 saturated carbocycles. The molecule has 136 valence electrons. The summed E-state index contributed by atoms with van der Waals surface area (Å²) in [6.45, 7) is 8.39. The van der Waals surface area contributed by atoms with E-state index in [1.54, 1.807) is 17.0 Å². The number of hydrogen-bond acceptors (Lipinski definition) is 6. The van der Waals surface area contributed by atoms with Crippen LogP contribution in [-0.2, 0) is 9.47 Å². The molecule has 0 aromatic heterocycles. The molecule has 1 amide bonds. The van der Waals surface area contributed by atoms with E-state index in [-0.39, 0.29) is 6.09 Å². The molecule has 1 aromatic rings. The third-order valence-corrected chi connectivity index (χ3v) is 4.12.